The molecule has 0 unspecified atom stereocenters. The molecule has 0 aliphatic carbocycles. The second-order valence-electron chi connectivity index (χ2n) is 8.01. The van der Waals surface area contributed by atoms with Crippen molar-refractivity contribution in [3.05, 3.63) is 18.2 Å². The Morgan fingerprint density at radius 2 is 2.18 bits per heavy atom. The summed E-state index contributed by atoms with van der Waals surface area (Å²) in [6.45, 7) is 5.06. The van der Waals surface area contributed by atoms with Crippen molar-refractivity contribution in [2.45, 2.75) is 69.8 Å². The molecule has 2 amide bonds. The number of imidazole rings is 1. The van der Waals surface area contributed by atoms with E-state index in [0.717, 1.165) is 31.7 Å². The first kappa shape index (κ1) is 19.4. The van der Waals surface area contributed by atoms with Gasteiger partial charge in [-0.2, -0.15) is 0 Å². The quantitative estimate of drug-likeness (QED) is 0.816. The highest BCUT2D eigenvalue weighted by Gasteiger charge is 2.47. The van der Waals surface area contributed by atoms with Crippen molar-refractivity contribution in [3.63, 3.8) is 0 Å². The Balaban J connectivity index is 1.43. The molecule has 0 radical (unpaired) electrons. The smallest absolute Gasteiger partial charge is 0.251 e. The molecule has 8 nitrogen and oxygen atoms in total. The van der Waals surface area contributed by atoms with Gasteiger partial charge in [-0.15, -0.1) is 0 Å². The van der Waals surface area contributed by atoms with Crippen molar-refractivity contribution in [1.82, 2.24) is 19.8 Å². The van der Waals surface area contributed by atoms with Crippen molar-refractivity contribution in [1.29, 1.82) is 0 Å². The minimum atomic E-state index is -0.601. The van der Waals surface area contributed by atoms with Crippen molar-refractivity contribution in [3.8, 4) is 0 Å². The Morgan fingerprint density at radius 3 is 2.89 bits per heavy atom. The van der Waals surface area contributed by atoms with E-state index < -0.39 is 11.7 Å². The minimum Gasteiger partial charge on any atom is -0.376 e. The number of nitrogens with one attached hydrogen (secondary N) is 1. The molecule has 3 aliphatic heterocycles. The van der Waals surface area contributed by atoms with Crippen molar-refractivity contribution in [2.24, 2.45) is 0 Å². The first-order chi connectivity index (χ1) is 13.6. The van der Waals surface area contributed by atoms with Gasteiger partial charge in [0.2, 0.25) is 5.91 Å². The average molecular weight is 390 g/mol. The fourth-order valence-electron chi connectivity index (χ4n) is 4.50. The van der Waals surface area contributed by atoms with Crippen molar-refractivity contribution >= 4 is 11.8 Å². The van der Waals surface area contributed by atoms with Crippen LogP contribution in [-0.2, 0) is 31.2 Å². The highest BCUT2D eigenvalue weighted by Crippen LogP contribution is 2.40. The summed E-state index contributed by atoms with van der Waals surface area (Å²) >= 11 is 0. The third kappa shape index (κ3) is 3.80. The standard InChI is InChI=1S/C20H30N4O4/c1-2-4-17(25)23-9-6-20(7-10-23)19-21-8-11-24(19)14-16(28-20)18(26)22-13-15-5-3-12-27-15/h8,11,15-16H,2-7,9-10,12-14H2,1H3,(H,22,26)/t15-,16-/m0/s1. The second kappa shape index (κ2) is 8.21. The van der Waals surface area contributed by atoms with Gasteiger partial charge in [0, 0.05) is 57.9 Å². The molecule has 1 aromatic rings. The van der Waals surface area contributed by atoms with E-state index in [9.17, 15) is 9.59 Å². The number of carbonyl (C=O) groups excluding carboxylic acids is 2. The van der Waals surface area contributed by atoms with E-state index in [1.165, 1.54) is 0 Å². The number of amides is 2. The number of rotatable bonds is 5. The van der Waals surface area contributed by atoms with Crippen molar-refractivity contribution < 1.29 is 19.1 Å². The van der Waals surface area contributed by atoms with Crippen LogP contribution < -0.4 is 5.32 Å². The molecule has 2 saturated heterocycles. The van der Waals surface area contributed by atoms with Gasteiger partial charge in [0.1, 0.15) is 11.4 Å². The lowest BCUT2D eigenvalue weighted by Crippen LogP contribution is -2.55. The number of nitrogens with zero attached hydrogens (tertiary/aromatic N) is 3. The van der Waals surface area contributed by atoms with E-state index in [-0.39, 0.29) is 17.9 Å². The zero-order valence-electron chi connectivity index (χ0n) is 16.6. The lowest BCUT2D eigenvalue weighted by Gasteiger charge is -2.45. The Hall–Kier alpha value is -1.93. The normalized spacial score (nSPS) is 26.2. The summed E-state index contributed by atoms with van der Waals surface area (Å²) in [7, 11) is 0. The number of carbonyl (C=O) groups is 2. The zero-order valence-corrected chi connectivity index (χ0v) is 16.6. The molecule has 1 spiro atoms. The van der Waals surface area contributed by atoms with Gasteiger partial charge in [0.05, 0.1) is 12.6 Å². The van der Waals surface area contributed by atoms with Crippen LogP contribution in [0.3, 0.4) is 0 Å². The average Bonchev–Trinajstić information content (AvgIpc) is 3.39. The fraction of sp³-hybridized carbons (Fsp3) is 0.750. The van der Waals surface area contributed by atoms with Gasteiger partial charge in [-0.1, -0.05) is 6.92 Å². The van der Waals surface area contributed by atoms with Crippen LogP contribution in [0.5, 0.6) is 0 Å². The second-order valence-corrected chi connectivity index (χ2v) is 8.01. The predicted octanol–water partition coefficient (Wildman–Crippen LogP) is 1.19. The van der Waals surface area contributed by atoms with Gasteiger partial charge in [-0.25, -0.2) is 4.98 Å². The molecule has 154 valence electrons. The predicted molar refractivity (Wildman–Crippen MR) is 101 cm³/mol. The summed E-state index contributed by atoms with van der Waals surface area (Å²) in [4.78, 5) is 31.5. The molecule has 1 N–H and O–H groups in total. The molecule has 0 bridgehead atoms. The topological polar surface area (TPSA) is 85.7 Å². The lowest BCUT2D eigenvalue weighted by molar-refractivity contribution is -0.176. The van der Waals surface area contributed by atoms with Crippen molar-refractivity contribution in [2.75, 3.05) is 26.2 Å². The number of likely N-dealkylation sites (tertiary alicyclic amines) is 1. The molecule has 3 aliphatic rings. The maximum absolute atomic E-state index is 12.8. The summed E-state index contributed by atoms with van der Waals surface area (Å²) in [6.07, 6.45) is 8.03. The number of piperidine rings is 1. The molecular weight excluding hydrogens is 360 g/mol. The third-order valence-corrected chi connectivity index (χ3v) is 6.06. The first-order valence-electron chi connectivity index (χ1n) is 10.5. The van der Waals surface area contributed by atoms with Crippen LogP contribution in [0.1, 0.15) is 51.3 Å². The van der Waals surface area contributed by atoms with E-state index in [1.807, 2.05) is 22.6 Å². The molecular formula is C20H30N4O4. The summed E-state index contributed by atoms with van der Waals surface area (Å²) in [5.41, 5.74) is -0.601. The first-order valence-corrected chi connectivity index (χ1v) is 10.5. The number of ether oxygens (including phenoxy) is 2. The van der Waals surface area contributed by atoms with E-state index in [0.29, 0.717) is 45.4 Å². The highest BCUT2D eigenvalue weighted by atomic mass is 16.5. The molecule has 8 heteroatoms. The van der Waals surface area contributed by atoms with Gasteiger partial charge < -0.3 is 24.3 Å². The number of hydrogen-bond acceptors (Lipinski definition) is 5. The Bertz CT molecular complexity index is 705. The largest absolute Gasteiger partial charge is 0.376 e. The minimum absolute atomic E-state index is 0.0984. The van der Waals surface area contributed by atoms with Gasteiger partial charge in [0.25, 0.3) is 5.91 Å². The molecule has 4 rings (SSSR count). The van der Waals surface area contributed by atoms with Gasteiger partial charge >= 0.3 is 0 Å². The van der Waals surface area contributed by atoms with Gasteiger partial charge in [-0.05, 0) is 19.3 Å². The highest BCUT2D eigenvalue weighted by molar-refractivity contribution is 5.81. The van der Waals surface area contributed by atoms with Crippen LogP contribution in [0.25, 0.3) is 0 Å². The summed E-state index contributed by atoms with van der Waals surface area (Å²) < 4.78 is 14.0. The van der Waals surface area contributed by atoms with E-state index in [4.69, 9.17) is 9.47 Å². The van der Waals surface area contributed by atoms with E-state index in [2.05, 4.69) is 10.3 Å². The summed E-state index contributed by atoms with van der Waals surface area (Å²) in [5.74, 6) is 0.972. The van der Waals surface area contributed by atoms with Crippen LogP contribution in [0.15, 0.2) is 12.4 Å². The van der Waals surface area contributed by atoms with Crippen LogP contribution in [0.2, 0.25) is 0 Å². The van der Waals surface area contributed by atoms with Crippen LogP contribution in [0.4, 0.5) is 0 Å². The van der Waals surface area contributed by atoms with Crippen LogP contribution in [0, 0.1) is 0 Å². The molecule has 0 saturated carbocycles. The third-order valence-electron chi connectivity index (χ3n) is 6.06. The molecule has 28 heavy (non-hydrogen) atoms. The van der Waals surface area contributed by atoms with E-state index >= 15 is 0 Å². The number of fused-ring (bicyclic) bond motifs is 2. The molecule has 1 aromatic heterocycles. The Morgan fingerprint density at radius 1 is 1.36 bits per heavy atom. The van der Waals surface area contributed by atoms with E-state index in [1.54, 1.807) is 6.20 Å². The van der Waals surface area contributed by atoms with Crippen LogP contribution >= 0.6 is 0 Å². The van der Waals surface area contributed by atoms with Gasteiger partial charge in [0.15, 0.2) is 6.10 Å². The molecule has 4 heterocycles. The van der Waals surface area contributed by atoms with Gasteiger partial charge in [-0.3, -0.25) is 9.59 Å². The molecule has 2 fully saturated rings. The monoisotopic (exact) mass is 390 g/mol. The zero-order chi connectivity index (χ0) is 19.6. The number of aromatic nitrogens is 2. The SMILES string of the molecule is CCCC(=O)N1CCC2(CC1)O[C@H](C(=O)NC[C@@H]1CCCO1)Cn1ccnc12. The lowest BCUT2D eigenvalue weighted by atomic mass is 9.88. The Labute approximate surface area is 165 Å². The summed E-state index contributed by atoms with van der Waals surface area (Å²) in [5, 5.41) is 3.00. The maximum atomic E-state index is 12.8. The fourth-order valence-corrected chi connectivity index (χ4v) is 4.50. The number of hydrogen-bond donors (Lipinski definition) is 1. The Kier molecular flexibility index (Phi) is 5.68. The summed E-state index contributed by atoms with van der Waals surface area (Å²) in [6, 6.07) is 0. The molecule has 0 aromatic carbocycles. The maximum Gasteiger partial charge on any atom is 0.251 e. The van der Waals surface area contributed by atoms with Crippen LogP contribution in [-0.4, -0.2) is 64.7 Å². The molecule has 2 atom stereocenters.